The van der Waals surface area contributed by atoms with E-state index in [1.165, 1.54) is 28.2 Å². The molecule has 0 aliphatic carbocycles. The second-order valence-electron chi connectivity index (χ2n) is 7.80. The number of nitrogens with zero attached hydrogens (tertiary/aromatic N) is 3. The van der Waals surface area contributed by atoms with Gasteiger partial charge in [-0.05, 0) is 43.2 Å². The van der Waals surface area contributed by atoms with E-state index in [0.29, 0.717) is 17.7 Å². The van der Waals surface area contributed by atoms with E-state index in [2.05, 4.69) is 46.8 Å². The normalized spacial score (nSPS) is 15.2. The van der Waals surface area contributed by atoms with Gasteiger partial charge >= 0.3 is 0 Å². The topological polar surface area (TPSA) is 65.4 Å². The van der Waals surface area contributed by atoms with Crippen LogP contribution in [0.5, 0.6) is 0 Å². The maximum absolute atomic E-state index is 12.8. The number of thiophene rings is 1. The fourth-order valence-corrected chi connectivity index (χ4v) is 5.07. The fourth-order valence-electron chi connectivity index (χ4n) is 4.12. The summed E-state index contributed by atoms with van der Waals surface area (Å²) in [6.07, 6.45) is 1.62. The van der Waals surface area contributed by atoms with Crippen LogP contribution in [-0.4, -0.2) is 41.0 Å². The van der Waals surface area contributed by atoms with Gasteiger partial charge < -0.3 is 14.3 Å². The van der Waals surface area contributed by atoms with Crippen LogP contribution in [0.4, 0.5) is 5.69 Å². The van der Waals surface area contributed by atoms with E-state index in [1.54, 1.807) is 6.26 Å². The highest BCUT2D eigenvalue weighted by atomic mass is 32.1. The molecule has 0 unspecified atom stereocenters. The Bertz CT molecular complexity index is 1230. The van der Waals surface area contributed by atoms with Gasteiger partial charge in [0, 0.05) is 42.8 Å². The molecule has 4 aromatic rings. The minimum atomic E-state index is -0.100. The number of anilines is 1. The standard InChI is InChI=1S/C23H24N4O2S/c1-15-5-3-6-18(16(15)2)27-10-8-26(9-11-27)13-20-24-22(28)21-17(14-30-23(21)25-20)19-7-4-12-29-19/h3-7,12,14H,8-11,13H2,1-2H3,(H,24,25,28). The molecule has 0 bridgehead atoms. The number of hydrogen-bond donors (Lipinski definition) is 1. The number of aryl methyl sites for hydroxylation is 1. The lowest BCUT2D eigenvalue weighted by molar-refractivity contribution is 0.244. The lowest BCUT2D eigenvalue weighted by atomic mass is 10.1. The molecule has 0 radical (unpaired) electrons. The summed E-state index contributed by atoms with van der Waals surface area (Å²) in [5.74, 6) is 1.42. The number of aromatic amines is 1. The van der Waals surface area contributed by atoms with E-state index < -0.39 is 0 Å². The van der Waals surface area contributed by atoms with Crippen molar-refractivity contribution in [3.63, 3.8) is 0 Å². The molecule has 1 saturated heterocycles. The number of hydrogen-bond acceptors (Lipinski definition) is 6. The van der Waals surface area contributed by atoms with Gasteiger partial charge in [0.2, 0.25) is 0 Å². The second-order valence-corrected chi connectivity index (χ2v) is 8.66. The van der Waals surface area contributed by atoms with Gasteiger partial charge in [-0.2, -0.15) is 0 Å². The van der Waals surface area contributed by atoms with Crippen molar-refractivity contribution in [3.8, 4) is 11.3 Å². The molecule has 0 amide bonds. The third-order valence-corrected chi connectivity index (χ3v) is 6.81. The number of nitrogens with one attached hydrogen (secondary N) is 1. The third kappa shape index (κ3) is 3.44. The molecule has 7 heteroatoms. The predicted octanol–water partition coefficient (Wildman–Crippen LogP) is 4.18. The summed E-state index contributed by atoms with van der Waals surface area (Å²) in [6.45, 7) is 8.83. The molecule has 1 N–H and O–H groups in total. The van der Waals surface area contributed by atoms with Gasteiger partial charge in [0.05, 0.1) is 18.2 Å². The first-order chi connectivity index (χ1) is 14.6. The van der Waals surface area contributed by atoms with E-state index in [-0.39, 0.29) is 5.56 Å². The highest BCUT2D eigenvalue weighted by Crippen LogP contribution is 2.31. The highest BCUT2D eigenvalue weighted by Gasteiger charge is 2.21. The Morgan fingerprint density at radius 2 is 1.97 bits per heavy atom. The Labute approximate surface area is 178 Å². The summed E-state index contributed by atoms with van der Waals surface area (Å²) in [6, 6.07) is 10.2. The van der Waals surface area contributed by atoms with Crippen molar-refractivity contribution in [1.82, 2.24) is 14.9 Å². The van der Waals surface area contributed by atoms with Crippen LogP contribution in [0, 0.1) is 13.8 Å². The number of aromatic nitrogens is 2. The van der Waals surface area contributed by atoms with E-state index in [9.17, 15) is 4.79 Å². The van der Waals surface area contributed by atoms with Crippen LogP contribution in [0.3, 0.4) is 0 Å². The van der Waals surface area contributed by atoms with Crippen molar-refractivity contribution < 1.29 is 4.42 Å². The van der Waals surface area contributed by atoms with Crippen molar-refractivity contribution in [2.75, 3.05) is 31.1 Å². The Morgan fingerprint density at radius 3 is 2.73 bits per heavy atom. The summed E-state index contributed by atoms with van der Waals surface area (Å²) >= 11 is 1.49. The van der Waals surface area contributed by atoms with E-state index in [0.717, 1.165) is 42.4 Å². The van der Waals surface area contributed by atoms with Crippen LogP contribution >= 0.6 is 11.3 Å². The molecule has 6 nitrogen and oxygen atoms in total. The Kier molecular flexibility index (Phi) is 4.92. The lowest BCUT2D eigenvalue weighted by Crippen LogP contribution is -2.46. The van der Waals surface area contributed by atoms with Crippen LogP contribution in [0.2, 0.25) is 0 Å². The van der Waals surface area contributed by atoms with Crippen molar-refractivity contribution in [1.29, 1.82) is 0 Å². The van der Waals surface area contributed by atoms with Crippen LogP contribution in [0.1, 0.15) is 17.0 Å². The second kappa shape index (κ2) is 7.74. The average molecular weight is 421 g/mol. The maximum Gasteiger partial charge on any atom is 0.260 e. The van der Waals surface area contributed by atoms with Gasteiger partial charge in [0.1, 0.15) is 16.4 Å². The molecule has 1 aromatic carbocycles. The first kappa shape index (κ1) is 19.1. The van der Waals surface area contributed by atoms with Crippen molar-refractivity contribution in [3.05, 3.63) is 69.3 Å². The molecule has 1 aliphatic heterocycles. The molecule has 1 aliphatic rings. The van der Waals surface area contributed by atoms with Crippen LogP contribution in [0.15, 0.2) is 51.2 Å². The third-order valence-electron chi connectivity index (χ3n) is 5.94. The molecule has 0 saturated carbocycles. The molecule has 3 aromatic heterocycles. The van der Waals surface area contributed by atoms with E-state index in [1.807, 2.05) is 17.5 Å². The first-order valence-corrected chi connectivity index (χ1v) is 11.1. The number of benzene rings is 1. The van der Waals surface area contributed by atoms with Gasteiger partial charge in [-0.25, -0.2) is 4.98 Å². The van der Waals surface area contributed by atoms with Gasteiger partial charge in [-0.3, -0.25) is 9.69 Å². The maximum atomic E-state index is 12.8. The molecule has 4 heterocycles. The summed E-state index contributed by atoms with van der Waals surface area (Å²) in [7, 11) is 0. The Morgan fingerprint density at radius 1 is 1.13 bits per heavy atom. The minimum Gasteiger partial charge on any atom is -0.464 e. The van der Waals surface area contributed by atoms with Crippen LogP contribution in [-0.2, 0) is 6.54 Å². The van der Waals surface area contributed by atoms with E-state index >= 15 is 0 Å². The smallest absolute Gasteiger partial charge is 0.260 e. The zero-order valence-electron chi connectivity index (χ0n) is 17.1. The molecule has 5 rings (SSSR count). The van der Waals surface area contributed by atoms with Gasteiger partial charge in [-0.1, -0.05) is 12.1 Å². The summed E-state index contributed by atoms with van der Waals surface area (Å²) in [5.41, 5.74) is 4.72. The molecule has 0 spiro atoms. The molecule has 30 heavy (non-hydrogen) atoms. The number of furan rings is 1. The van der Waals surface area contributed by atoms with Crippen LogP contribution < -0.4 is 10.5 Å². The molecule has 0 atom stereocenters. The fraction of sp³-hybridized carbons (Fsp3) is 0.304. The zero-order valence-corrected chi connectivity index (χ0v) is 18.0. The minimum absolute atomic E-state index is 0.100. The van der Waals surface area contributed by atoms with Crippen molar-refractivity contribution >= 4 is 27.2 Å². The van der Waals surface area contributed by atoms with Crippen molar-refractivity contribution in [2.24, 2.45) is 0 Å². The summed E-state index contributed by atoms with van der Waals surface area (Å²) < 4.78 is 5.47. The number of H-pyrrole nitrogens is 1. The van der Waals surface area contributed by atoms with Gasteiger partial charge in [-0.15, -0.1) is 11.3 Å². The number of piperazine rings is 1. The summed E-state index contributed by atoms with van der Waals surface area (Å²) in [5, 5.41) is 2.55. The highest BCUT2D eigenvalue weighted by molar-refractivity contribution is 7.17. The molecular weight excluding hydrogens is 396 g/mol. The zero-order chi connectivity index (χ0) is 20.7. The monoisotopic (exact) mass is 420 g/mol. The quantitative estimate of drug-likeness (QED) is 0.536. The Hall–Kier alpha value is -2.90. The largest absolute Gasteiger partial charge is 0.464 e. The molecule has 1 fully saturated rings. The van der Waals surface area contributed by atoms with Gasteiger partial charge in [0.15, 0.2) is 0 Å². The number of fused-ring (bicyclic) bond motifs is 1. The van der Waals surface area contributed by atoms with Crippen LogP contribution in [0.25, 0.3) is 21.5 Å². The SMILES string of the molecule is Cc1cccc(N2CCN(Cc3nc4scc(-c5ccco5)c4c(=O)[nH]3)CC2)c1C. The molecular formula is C23H24N4O2S. The van der Waals surface area contributed by atoms with Crippen molar-refractivity contribution in [2.45, 2.75) is 20.4 Å². The first-order valence-electron chi connectivity index (χ1n) is 10.2. The molecule has 154 valence electrons. The lowest BCUT2D eigenvalue weighted by Gasteiger charge is -2.36. The van der Waals surface area contributed by atoms with E-state index in [4.69, 9.17) is 9.40 Å². The number of rotatable bonds is 4. The Balaban J connectivity index is 1.31. The average Bonchev–Trinajstić information content (AvgIpc) is 3.40. The summed E-state index contributed by atoms with van der Waals surface area (Å²) in [4.78, 5) is 26.0. The predicted molar refractivity (Wildman–Crippen MR) is 121 cm³/mol. The van der Waals surface area contributed by atoms with Gasteiger partial charge in [0.25, 0.3) is 5.56 Å².